The van der Waals surface area contributed by atoms with Gasteiger partial charge >= 0.3 is 0 Å². The van der Waals surface area contributed by atoms with Crippen LogP contribution in [-0.2, 0) is 7.05 Å². The summed E-state index contributed by atoms with van der Waals surface area (Å²) in [6.07, 6.45) is 4.77. The smallest absolute Gasteiger partial charge is 0.271 e. The van der Waals surface area contributed by atoms with Crippen LogP contribution >= 0.6 is 0 Å². The minimum Gasteiger partial charge on any atom is -0.350 e. The number of amides is 2. The van der Waals surface area contributed by atoms with E-state index in [2.05, 4.69) is 15.8 Å². The lowest BCUT2D eigenvalue weighted by atomic mass is 10.2. The van der Waals surface area contributed by atoms with Crippen molar-refractivity contribution in [3.63, 3.8) is 0 Å². The number of aromatic nitrogens is 2. The number of pyridine rings is 1. The molecule has 2 heterocycles. The molecule has 0 bridgehead atoms. The molecule has 2 aromatic heterocycles. The number of hydrogen-bond acceptors (Lipinski definition) is 3. The molecule has 3 rings (SSSR count). The first-order valence-electron chi connectivity index (χ1n) is 6.71. The third kappa shape index (κ3) is 2.54. The molecule has 0 aliphatic carbocycles. The minimum absolute atomic E-state index is 0.362. The molecule has 6 heteroatoms. The fraction of sp³-hybridized carbons (Fsp3) is 0.0625. The zero-order valence-electron chi connectivity index (χ0n) is 11.9. The average Bonchev–Trinajstić information content (AvgIpc) is 2.91. The Morgan fingerprint density at radius 1 is 1.00 bits per heavy atom. The Morgan fingerprint density at radius 3 is 2.45 bits per heavy atom. The van der Waals surface area contributed by atoms with Crippen LogP contribution in [0.2, 0.25) is 0 Å². The molecule has 0 radical (unpaired) electrons. The fourth-order valence-electron chi connectivity index (χ4n) is 2.28. The molecular weight excluding hydrogens is 280 g/mol. The zero-order chi connectivity index (χ0) is 15.5. The summed E-state index contributed by atoms with van der Waals surface area (Å²) in [5, 5.41) is 0.834. The number of carbonyl (C=O) groups excluding carboxylic acids is 2. The maximum atomic E-state index is 12.3. The van der Waals surface area contributed by atoms with E-state index in [1.54, 1.807) is 18.3 Å². The van der Waals surface area contributed by atoms with E-state index in [0.29, 0.717) is 11.1 Å². The molecule has 0 unspecified atom stereocenters. The molecule has 0 saturated carbocycles. The largest absolute Gasteiger partial charge is 0.350 e. The minimum atomic E-state index is -0.393. The number of para-hydroxylation sites is 1. The Hall–Kier alpha value is -3.15. The summed E-state index contributed by atoms with van der Waals surface area (Å²) in [5.74, 6) is -0.754. The van der Waals surface area contributed by atoms with Crippen molar-refractivity contribution < 1.29 is 9.59 Å². The van der Waals surface area contributed by atoms with Gasteiger partial charge in [0.15, 0.2) is 0 Å². The number of hydrazine groups is 1. The van der Waals surface area contributed by atoms with Gasteiger partial charge in [0, 0.05) is 42.1 Å². The number of carbonyl (C=O) groups is 2. The third-order valence-electron chi connectivity index (χ3n) is 3.37. The maximum Gasteiger partial charge on any atom is 0.271 e. The number of aryl methyl sites for hydroxylation is 1. The highest BCUT2D eigenvalue weighted by atomic mass is 16.2. The van der Waals surface area contributed by atoms with Crippen LogP contribution in [0.1, 0.15) is 20.7 Å². The molecule has 3 aromatic rings. The van der Waals surface area contributed by atoms with Crippen molar-refractivity contribution in [2.45, 2.75) is 0 Å². The van der Waals surface area contributed by atoms with Gasteiger partial charge in [-0.2, -0.15) is 0 Å². The van der Waals surface area contributed by atoms with Crippen LogP contribution in [0.3, 0.4) is 0 Å². The van der Waals surface area contributed by atoms with Crippen molar-refractivity contribution in [2.75, 3.05) is 0 Å². The van der Waals surface area contributed by atoms with Gasteiger partial charge in [-0.05, 0) is 18.2 Å². The summed E-state index contributed by atoms with van der Waals surface area (Å²) < 4.78 is 1.87. The zero-order valence-corrected chi connectivity index (χ0v) is 11.9. The van der Waals surface area contributed by atoms with E-state index < -0.39 is 5.91 Å². The fourth-order valence-corrected chi connectivity index (χ4v) is 2.28. The van der Waals surface area contributed by atoms with Gasteiger partial charge in [-0.3, -0.25) is 25.4 Å². The second kappa shape index (κ2) is 5.69. The van der Waals surface area contributed by atoms with Crippen LogP contribution in [-0.4, -0.2) is 21.4 Å². The Labute approximate surface area is 126 Å². The van der Waals surface area contributed by atoms with Gasteiger partial charge in [-0.15, -0.1) is 0 Å². The standard InChI is InChI=1S/C16H14N4O2/c1-20-10-13(12-4-2-3-5-14(12)20)16(22)19-18-15(21)11-6-8-17-9-7-11/h2-10H,1H3,(H,18,21)(H,19,22). The molecule has 22 heavy (non-hydrogen) atoms. The van der Waals surface area contributed by atoms with Crippen molar-refractivity contribution in [1.29, 1.82) is 0 Å². The van der Waals surface area contributed by atoms with Crippen LogP contribution in [0.15, 0.2) is 55.0 Å². The van der Waals surface area contributed by atoms with Crippen LogP contribution < -0.4 is 10.9 Å². The van der Waals surface area contributed by atoms with E-state index in [1.165, 1.54) is 12.4 Å². The Balaban J connectivity index is 1.76. The summed E-state index contributed by atoms with van der Waals surface area (Å²) in [7, 11) is 1.87. The van der Waals surface area contributed by atoms with Gasteiger partial charge < -0.3 is 4.57 Å². The number of rotatable bonds is 2. The predicted octanol–water partition coefficient (Wildman–Crippen LogP) is 1.65. The molecule has 0 aliphatic heterocycles. The summed E-state index contributed by atoms with van der Waals surface area (Å²) >= 11 is 0. The lowest BCUT2D eigenvalue weighted by Gasteiger charge is -2.06. The van der Waals surface area contributed by atoms with E-state index in [1.807, 2.05) is 35.9 Å². The summed E-state index contributed by atoms with van der Waals surface area (Å²) in [4.78, 5) is 28.0. The van der Waals surface area contributed by atoms with Crippen LogP contribution in [0.25, 0.3) is 10.9 Å². The van der Waals surface area contributed by atoms with Crippen molar-refractivity contribution in [2.24, 2.45) is 7.05 Å². The molecule has 0 atom stereocenters. The highest BCUT2D eigenvalue weighted by molar-refractivity contribution is 6.07. The Bertz CT molecular complexity index is 840. The molecule has 2 amide bonds. The van der Waals surface area contributed by atoms with Crippen LogP contribution in [0, 0.1) is 0 Å². The molecule has 0 saturated heterocycles. The third-order valence-corrected chi connectivity index (χ3v) is 3.37. The van der Waals surface area contributed by atoms with E-state index in [-0.39, 0.29) is 5.91 Å². The van der Waals surface area contributed by atoms with Crippen molar-refractivity contribution >= 4 is 22.7 Å². The number of hydrogen-bond donors (Lipinski definition) is 2. The first-order valence-corrected chi connectivity index (χ1v) is 6.71. The number of nitrogens with one attached hydrogen (secondary N) is 2. The monoisotopic (exact) mass is 294 g/mol. The highest BCUT2D eigenvalue weighted by Gasteiger charge is 2.14. The van der Waals surface area contributed by atoms with Gasteiger partial charge in [0.25, 0.3) is 11.8 Å². The number of fused-ring (bicyclic) bond motifs is 1. The van der Waals surface area contributed by atoms with Crippen LogP contribution in [0.4, 0.5) is 0 Å². The normalized spacial score (nSPS) is 10.4. The van der Waals surface area contributed by atoms with Crippen molar-refractivity contribution in [3.8, 4) is 0 Å². The second-order valence-electron chi connectivity index (χ2n) is 4.81. The van der Waals surface area contributed by atoms with Gasteiger partial charge in [0.1, 0.15) is 0 Å². The van der Waals surface area contributed by atoms with Gasteiger partial charge in [-0.1, -0.05) is 18.2 Å². The summed E-state index contributed by atoms with van der Waals surface area (Å²) in [6, 6.07) is 10.7. The lowest BCUT2D eigenvalue weighted by Crippen LogP contribution is -2.41. The summed E-state index contributed by atoms with van der Waals surface area (Å²) in [5.41, 5.74) is 6.71. The topological polar surface area (TPSA) is 76.0 Å². The van der Waals surface area contributed by atoms with E-state index in [9.17, 15) is 9.59 Å². The Morgan fingerprint density at radius 2 is 1.68 bits per heavy atom. The predicted molar refractivity (Wildman–Crippen MR) is 82.1 cm³/mol. The van der Waals surface area contributed by atoms with E-state index in [0.717, 1.165) is 10.9 Å². The average molecular weight is 294 g/mol. The molecule has 0 aliphatic rings. The Kier molecular flexibility index (Phi) is 3.57. The first-order chi connectivity index (χ1) is 10.7. The van der Waals surface area contributed by atoms with Gasteiger partial charge in [-0.25, -0.2) is 0 Å². The SMILES string of the molecule is Cn1cc(C(=O)NNC(=O)c2ccncc2)c2ccccc21. The molecule has 110 valence electrons. The highest BCUT2D eigenvalue weighted by Crippen LogP contribution is 2.19. The lowest BCUT2D eigenvalue weighted by molar-refractivity contribution is 0.0847. The molecule has 2 N–H and O–H groups in total. The number of benzene rings is 1. The second-order valence-corrected chi connectivity index (χ2v) is 4.81. The molecular formula is C16H14N4O2. The molecule has 0 spiro atoms. The molecule has 1 aromatic carbocycles. The van der Waals surface area contributed by atoms with Gasteiger partial charge in [0.05, 0.1) is 5.56 Å². The van der Waals surface area contributed by atoms with Gasteiger partial charge in [0.2, 0.25) is 0 Å². The molecule has 6 nitrogen and oxygen atoms in total. The first kappa shape index (κ1) is 13.8. The maximum absolute atomic E-state index is 12.3. The van der Waals surface area contributed by atoms with E-state index >= 15 is 0 Å². The summed E-state index contributed by atoms with van der Waals surface area (Å²) in [6.45, 7) is 0. The molecule has 0 fully saturated rings. The van der Waals surface area contributed by atoms with Crippen molar-refractivity contribution in [1.82, 2.24) is 20.4 Å². The van der Waals surface area contributed by atoms with E-state index in [4.69, 9.17) is 0 Å². The quantitative estimate of drug-likeness (QED) is 0.706. The van der Waals surface area contributed by atoms with Crippen LogP contribution in [0.5, 0.6) is 0 Å². The number of nitrogens with zero attached hydrogens (tertiary/aromatic N) is 2. The van der Waals surface area contributed by atoms with Crippen molar-refractivity contribution in [3.05, 3.63) is 66.1 Å².